The number of nitrogens with zero attached hydrogens (tertiary/aromatic N) is 2. The Balaban J connectivity index is 2.39. The first kappa shape index (κ1) is 13.9. The molecule has 1 heterocycles. The number of carbonyl (C=O) groups excluding carboxylic acids is 2. The molecule has 0 saturated heterocycles. The fourth-order valence-electron chi connectivity index (χ4n) is 1.23. The summed E-state index contributed by atoms with van der Waals surface area (Å²) in [6.45, 7) is 4.87. The number of aromatic nitrogens is 2. The summed E-state index contributed by atoms with van der Waals surface area (Å²) in [6, 6.07) is 3.29. The average molecular weight is 251 g/mol. The van der Waals surface area contributed by atoms with E-state index in [0.29, 0.717) is 18.9 Å². The fraction of sp³-hybridized carbons (Fsp3) is 0.455. The van der Waals surface area contributed by atoms with Crippen LogP contribution in [0.5, 0.6) is 0 Å². The zero-order chi connectivity index (χ0) is 13.4. The van der Waals surface area contributed by atoms with Gasteiger partial charge in [-0.2, -0.15) is 0 Å². The number of anilines is 1. The summed E-state index contributed by atoms with van der Waals surface area (Å²) >= 11 is 0. The smallest absolute Gasteiger partial charge is 0.271 e. The van der Waals surface area contributed by atoms with Crippen LogP contribution >= 0.6 is 0 Å². The van der Waals surface area contributed by atoms with Gasteiger partial charge in [0.05, 0.1) is 0 Å². The van der Waals surface area contributed by atoms with Crippen molar-refractivity contribution in [3.8, 4) is 0 Å². The van der Waals surface area contributed by atoms with Gasteiger partial charge in [0.15, 0.2) is 5.69 Å². The molecular formula is C11H17N5O2. The summed E-state index contributed by atoms with van der Waals surface area (Å²) in [5.41, 5.74) is 0.250. The molecule has 3 N–H and O–H groups in total. The second-order valence-corrected chi connectivity index (χ2v) is 3.57. The van der Waals surface area contributed by atoms with E-state index in [1.165, 1.54) is 6.92 Å². The molecule has 0 atom stereocenters. The van der Waals surface area contributed by atoms with Crippen LogP contribution in [0.15, 0.2) is 12.1 Å². The van der Waals surface area contributed by atoms with E-state index in [4.69, 9.17) is 0 Å². The van der Waals surface area contributed by atoms with E-state index in [-0.39, 0.29) is 17.5 Å². The van der Waals surface area contributed by atoms with E-state index in [0.717, 1.165) is 6.54 Å². The number of hydrogen-bond acceptors (Lipinski definition) is 5. The first-order valence-electron chi connectivity index (χ1n) is 5.73. The zero-order valence-electron chi connectivity index (χ0n) is 10.5. The van der Waals surface area contributed by atoms with Crippen molar-refractivity contribution in [3.63, 3.8) is 0 Å². The molecule has 0 spiro atoms. The topological polar surface area (TPSA) is 96.0 Å². The molecule has 0 bridgehead atoms. The summed E-state index contributed by atoms with van der Waals surface area (Å²) in [5.74, 6) is 0.197. The maximum Gasteiger partial charge on any atom is 0.271 e. The molecule has 0 radical (unpaired) electrons. The molecular weight excluding hydrogens is 234 g/mol. The minimum atomic E-state index is -0.309. The fourth-order valence-corrected chi connectivity index (χ4v) is 1.23. The van der Waals surface area contributed by atoms with Crippen LogP contribution in [0.1, 0.15) is 24.3 Å². The highest BCUT2D eigenvalue weighted by molar-refractivity contribution is 5.92. The first-order valence-corrected chi connectivity index (χ1v) is 5.73. The molecule has 2 amide bonds. The van der Waals surface area contributed by atoms with Crippen molar-refractivity contribution in [2.45, 2.75) is 13.8 Å². The molecule has 0 fully saturated rings. The molecule has 0 aromatic carbocycles. The minimum absolute atomic E-state index is 0.126. The van der Waals surface area contributed by atoms with Crippen molar-refractivity contribution < 1.29 is 9.59 Å². The van der Waals surface area contributed by atoms with Gasteiger partial charge in [0.25, 0.3) is 5.91 Å². The molecule has 7 heteroatoms. The monoisotopic (exact) mass is 251 g/mol. The molecule has 1 aromatic heterocycles. The van der Waals surface area contributed by atoms with Crippen LogP contribution in [0.25, 0.3) is 0 Å². The minimum Gasteiger partial charge on any atom is -0.369 e. The lowest BCUT2D eigenvalue weighted by Crippen LogP contribution is -2.34. The van der Waals surface area contributed by atoms with Crippen LogP contribution in [-0.4, -0.2) is 41.6 Å². The molecule has 18 heavy (non-hydrogen) atoms. The maximum atomic E-state index is 11.6. The van der Waals surface area contributed by atoms with Gasteiger partial charge in [-0.25, -0.2) is 0 Å². The predicted octanol–water partition coefficient (Wildman–Crippen LogP) is -0.226. The highest BCUT2D eigenvalue weighted by atomic mass is 16.2. The quantitative estimate of drug-likeness (QED) is 0.607. The first-order chi connectivity index (χ1) is 8.63. The van der Waals surface area contributed by atoms with E-state index in [2.05, 4.69) is 26.1 Å². The van der Waals surface area contributed by atoms with Crippen LogP contribution in [0.4, 0.5) is 5.82 Å². The van der Waals surface area contributed by atoms with Gasteiger partial charge in [0.2, 0.25) is 5.91 Å². The molecule has 0 saturated carbocycles. The highest BCUT2D eigenvalue weighted by Gasteiger charge is 2.07. The van der Waals surface area contributed by atoms with Gasteiger partial charge in [-0.05, 0) is 19.1 Å². The second kappa shape index (κ2) is 7.21. The standard InChI is InChI=1S/C11H17N5O2/c1-3-12-10-5-4-9(15-16-10)11(18)14-7-6-13-8(2)17/h4-5H,3,6-7H2,1-2H3,(H,12,16)(H,13,17)(H,14,18). The third-order valence-corrected chi connectivity index (χ3v) is 2.04. The highest BCUT2D eigenvalue weighted by Crippen LogP contribution is 2.00. The van der Waals surface area contributed by atoms with Crippen LogP contribution in [0, 0.1) is 0 Å². The van der Waals surface area contributed by atoms with E-state index >= 15 is 0 Å². The predicted molar refractivity (Wildman–Crippen MR) is 67.2 cm³/mol. The molecule has 0 aliphatic carbocycles. The van der Waals surface area contributed by atoms with Gasteiger partial charge in [0.1, 0.15) is 5.82 Å². The van der Waals surface area contributed by atoms with Crippen molar-refractivity contribution in [1.82, 2.24) is 20.8 Å². The lowest BCUT2D eigenvalue weighted by atomic mass is 10.3. The summed E-state index contributed by atoms with van der Waals surface area (Å²) in [6.07, 6.45) is 0. The molecule has 1 rings (SSSR count). The van der Waals surface area contributed by atoms with Crippen molar-refractivity contribution in [2.24, 2.45) is 0 Å². The lowest BCUT2D eigenvalue weighted by molar-refractivity contribution is -0.118. The summed E-state index contributed by atoms with van der Waals surface area (Å²) in [7, 11) is 0. The van der Waals surface area contributed by atoms with E-state index in [9.17, 15) is 9.59 Å². The average Bonchev–Trinajstić information content (AvgIpc) is 2.35. The molecule has 7 nitrogen and oxygen atoms in total. The summed E-state index contributed by atoms with van der Waals surface area (Å²) in [4.78, 5) is 22.2. The number of amides is 2. The summed E-state index contributed by atoms with van der Waals surface area (Å²) in [5, 5.41) is 15.8. The van der Waals surface area contributed by atoms with Crippen molar-refractivity contribution >= 4 is 17.6 Å². The van der Waals surface area contributed by atoms with Crippen LogP contribution in [0.2, 0.25) is 0 Å². The summed E-state index contributed by atoms with van der Waals surface area (Å²) < 4.78 is 0. The molecule has 1 aromatic rings. The van der Waals surface area contributed by atoms with E-state index in [1.54, 1.807) is 12.1 Å². The van der Waals surface area contributed by atoms with Gasteiger partial charge in [-0.3, -0.25) is 9.59 Å². The van der Waals surface area contributed by atoms with Crippen LogP contribution in [-0.2, 0) is 4.79 Å². The Morgan fingerprint density at radius 3 is 2.44 bits per heavy atom. The number of carbonyl (C=O) groups is 2. The molecule has 98 valence electrons. The number of hydrogen-bond donors (Lipinski definition) is 3. The van der Waals surface area contributed by atoms with Crippen molar-refractivity contribution in [2.75, 3.05) is 25.0 Å². The molecule has 0 unspecified atom stereocenters. The van der Waals surface area contributed by atoms with Gasteiger partial charge in [0, 0.05) is 26.6 Å². The lowest BCUT2D eigenvalue weighted by Gasteiger charge is -2.05. The second-order valence-electron chi connectivity index (χ2n) is 3.57. The Bertz CT molecular complexity index is 404. The number of rotatable bonds is 6. The van der Waals surface area contributed by atoms with E-state index < -0.39 is 0 Å². The van der Waals surface area contributed by atoms with Crippen LogP contribution < -0.4 is 16.0 Å². The molecule has 0 aliphatic heterocycles. The third kappa shape index (κ3) is 4.77. The van der Waals surface area contributed by atoms with Crippen molar-refractivity contribution in [1.29, 1.82) is 0 Å². The zero-order valence-corrected chi connectivity index (χ0v) is 10.5. The van der Waals surface area contributed by atoms with E-state index in [1.807, 2.05) is 6.92 Å². The Morgan fingerprint density at radius 1 is 1.17 bits per heavy atom. The Morgan fingerprint density at radius 2 is 1.89 bits per heavy atom. The van der Waals surface area contributed by atoms with Gasteiger partial charge < -0.3 is 16.0 Å². The Kier molecular flexibility index (Phi) is 5.56. The van der Waals surface area contributed by atoms with Crippen molar-refractivity contribution in [3.05, 3.63) is 17.8 Å². The third-order valence-electron chi connectivity index (χ3n) is 2.04. The van der Waals surface area contributed by atoms with Crippen LogP contribution in [0.3, 0.4) is 0 Å². The molecule has 0 aliphatic rings. The van der Waals surface area contributed by atoms with Gasteiger partial charge in [-0.1, -0.05) is 0 Å². The SMILES string of the molecule is CCNc1ccc(C(=O)NCCNC(C)=O)nn1. The maximum absolute atomic E-state index is 11.6. The Labute approximate surface area is 105 Å². The normalized spacial score (nSPS) is 9.67. The Hall–Kier alpha value is -2.18. The van der Waals surface area contributed by atoms with Gasteiger partial charge in [-0.15, -0.1) is 10.2 Å². The largest absolute Gasteiger partial charge is 0.369 e. The number of nitrogens with one attached hydrogen (secondary N) is 3. The van der Waals surface area contributed by atoms with Gasteiger partial charge >= 0.3 is 0 Å².